The molecular formula is C19H14F3NO. The molecule has 2 atom stereocenters. The minimum absolute atomic E-state index is 0.0278. The van der Waals surface area contributed by atoms with Crippen molar-refractivity contribution < 1.29 is 17.9 Å². The zero-order chi connectivity index (χ0) is 16.8. The van der Waals surface area contributed by atoms with Gasteiger partial charge in [-0.05, 0) is 34.9 Å². The van der Waals surface area contributed by atoms with Crippen molar-refractivity contribution in [3.63, 3.8) is 0 Å². The third kappa shape index (κ3) is 2.32. The molecule has 2 unspecified atom stereocenters. The van der Waals surface area contributed by atoms with E-state index in [-0.39, 0.29) is 5.56 Å². The van der Waals surface area contributed by atoms with Crippen molar-refractivity contribution in [2.45, 2.75) is 18.6 Å². The fourth-order valence-electron chi connectivity index (χ4n) is 3.31. The second-order valence-electron chi connectivity index (χ2n) is 5.94. The van der Waals surface area contributed by atoms with Gasteiger partial charge in [-0.15, -0.1) is 0 Å². The maximum atomic E-state index is 14.2. The highest BCUT2D eigenvalue weighted by atomic mass is 19.2. The summed E-state index contributed by atoms with van der Waals surface area (Å²) in [6.07, 6.45) is -0.446. The fourth-order valence-corrected chi connectivity index (χ4v) is 3.31. The number of hydrogen-bond acceptors (Lipinski definition) is 2. The van der Waals surface area contributed by atoms with Gasteiger partial charge in [0.25, 0.3) is 0 Å². The Morgan fingerprint density at radius 1 is 0.917 bits per heavy atom. The SMILES string of the molecule is NC1Oc2ccc3ccccc3c2CC1c1cc(F)c(F)cc1F. The number of halogens is 3. The van der Waals surface area contributed by atoms with Crippen LogP contribution in [0.25, 0.3) is 10.8 Å². The molecule has 0 saturated heterocycles. The monoisotopic (exact) mass is 329 g/mol. The van der Waals surface area contributed by atoms with Crippen LogP contribution in [0, 0.1) is 17.5 Å². The molecule has 24 heavy (non-hydrogen) atoms. The van der Waals surface area contributed by atoms with Gasteiger partial charge < -0.3 is 4.74 Å². The van der Waals surface area contributed by atoms with E-state index in [0.29, 0.717) is 18.2 Å². The topological polar surface area (TPSA) is 35.2 Å². The first-order valence-corrected chi connectivity index (χ1v) is 7.62. The van der Waals surface area contributed by atoms with Crippen LogP contribution in [-0.4, -0.2) is 6.23 Å². The largest absolute Gasteiger partial charge is 0.475 e. The summed E-state index contributed by atoms with van der Waals surface area (Å²) in [6, 6.07) is 12.9. The van der Waals surface area contributed by atoms with Gasteiger partial charge in [-0.2, -0.15) is 0 Å². The summed E-state index contributed by atoms with van der Waals surface area (Å²) in [4.78, 5) is 0. The molecule has 2 N–H and O–H groups in total. The lowest BCUT2D eigenvalue weighted by molar-refractivity contribution is 0.154. The molecule has 5 heteroatoms. The van der Waals surface area contributed by atoms with E-state index in [2.05, 4.69) is 0 Å². The first-order valence-electron chi connectivity index (χ1n) is 7.62. The first-order chi connectivity index (χ1) is 11.5. The predicted octanol–water partition coefficient (Wildman–Crippen LogP) is 4.26. The first kappa shape index (κ1) is 15.0. The van der Waals surface area contributed by atoms with Crippen LogP contribution in [0.3, 0.4) is 0 Å². The third-order valence-electron chi connectivity index (χ3n) is 4.52. The Bertz CT molecular complexity index is 941. The molecule has 3 aromatic carbocycles. The van der Waals surface area contributed by atoms with Gasteiger partial charge >= 0.3 is 0 Å². The lowest BCUT2D eigenvalue weighted by Crippen LogP contribution is -2.39. The molecule has 0 radical (unpaired) electrons. The van der Waals surface area contributed by atoms with Crippen LogP contribution in [0.15, 0.2) is 48.5 Å². The maximum absolute atomic E-state index is 14.2. The minimum Gasteiger partial charge on any atom is -0.475 e. The molecule has 1 heterocycles. The molecule has 0 saturated carbocycles. The van der Waals surface area contributed by atoms with Gasteiger partial charge in [-0.1, -0.05) is 30.3 Å². The van der Waals surface area contributed by atoms with Crippen LogP contribution >= 0.6 is 0 Å². The standard InChI is InChI=1S/C19H14F3NO/c20-15-9-17(22)16(21)8-12(15)14-7-13-11-4-2-1-3-10(11)5-6-18(13)24-19(14)23/h1-6,8-9,14,19H,7,23H2. The fraction of sp³-hybridized carbons (Fsp3) is 0.158. The summed E-state index contributed by atoms with van der Waals surface area (Å²) in [5, 5.41) is 2.01. The Hall–Kier alpha value is -2.53. The van der Waals surface area contributed by atoms with Crippen LogP contribution in [0.1, 0.15) is 17.0 Å². The van der Waals surface area contributed by atoms with E-state index < -0.39 is 29.6 Å². The molecule has 0 aliphatic carbocycles. The van der Waals surface area contributed by atoms with Crippen LogP contribution < -0.4 is 10.5 Å². The Balaban J connectivity index is 1.84. The van der Waals surface area contributed by atoms with Gasteiger partial charge in [0, 0.05) is 17.5 Å². The Morgan fingerprint density at radius 2 is 1.67 bits per heavy atom. The number of benzene rings is 3. The number of rotatable bonds is 1. The molecule has 0 fully saturated rings. The number of ether oxygens (including phenoxy) is 1. The zero-order valence-corrected chi connectivity index (χ0v) is 12.6. The van der Waals surface area contributed by atoms with Gasteiger partial charge in [0.2, 0.25) is 0 Å². The van der Waals surface area contributed by atoms with Crippen LogP contribution in [0.2, 0.25) is 0 Å². The highest BCUT2D eigenvalue weighted by molar-refractivity contribution is 5.88. The summed E-state index contributed by atoms with van der Waals surface area (Å²) in [7, 11) is 0. The summed E-state index contributed by atoms with van der Waals surface area (Å²) in [5.41, 5.74) is 6.94. The van der Waals surface area contributed by atoms with Crippen molar-refractivity contribution in [2.24, 2.45) is 5.73 Å². The molecule has 1 aliphatic heterocycles. The van der Waals surface area contributed by atoms with E-state index in [1.807, 2.05) is 36.4 Å². The normalized spacial score (nSPS) is 19.8. The average molecular weight is 329 g/mol. The van der Waals surface area contributed by atoms with Gasteiger partial charge in [0.05, 0.1) is 0 Å². The molecule has 0 bridgehead atoms. The third-order valence-corrected chi connectivity index (χ3v) is 4.52. The lowest BCUT2D eigenvalue weighted by Gasteiger charge is -2.32. The summed E-state index contributed by atoms with van der Waals surface area (Å²) >= 11 is 0. The molecular weight excluding hydrogens is 315 g/mol. The van der Waals surface area contributed by atoms with Crippen molar-refractivity contribution in [1.82, 2.24) is 0 Å². The molecule has 0 spiro atoms. The second kappa shape index (κ2) is 5.53. The molecule has 4 rings (SSSR count). The molecule has 2 nitrogen and oxygen atoms in total. The number of fused-ring (bicyclic) bond motifs is 3. The Labute approximate surface area is 136 Å². The summed E-state index contributed by atoms with van der Waals surface area (Å²) in [5.74, 6) is -3.09. The maximum Gasteiger partial charge on any atom is 0.161 e. The molecule has 122 valence electrons. The van der Waals surface area contributed by atoms with Crippen LogP contribution in [-0.2, 0) is 6.42 Å². The van der Waals surface area contributed by atoms with E-state index >= 15 is 0 Å². The van der Waals surface area contributed by atoms with Crippen molar-refractivity contribution in [2.75, 3.05) is 0 Å². The summed E-state index contributed by atoms with van der Waals surface area (Å²) in [6.45, 7) is 0. The Kier molecular flexibility index (Phi) is 3.46. The molecule has 3 aromatic rings. The Morgan fingerprint density at radius 3 is 2.50 bits per heavy atom. The minimum atomic E-state index is -1.22. The second-order valence-corrected chi connectivity index (χ2v) is 5.94. The highest BCUT2D eigenvalue weighted by Gasteiger charge is 2.32. The van der Waals surface area contributed by atoms with Gasteiger partial charge in [0.1, 0.15) is 11.6 Å². The highest BCUT2D eigenvalue weighted by Crippen LogP contribution is 2.39. The van der Waals surface area contributed by atoms with Crippen molar-refractivity contribution in [1.29, 1.82) is 0 Å². The number of nitrogens with two attached hydrogens (primary N) is 1. The van der Waals surface area contributed by atoms with Gasteiger partial charge in [-0.3, -0.25) is 5.73 Å². The lowest BCUT2D eigenvalue weighted by atomic mass is 9.85. The van der Waals surface area contributed by atoms with Crippen molar-refractivity contribution >= 4 is 10.8 Å². The summed E-state index contributed by atoms with van der Waals surface area (Å²) < 4.78 is 46.6. The quantitative estimate of drug-likeness (QED) is 0.677. The molecule has 0 amide bonds. The van der Waals surface area contributed by atoms with Gasteiger partial charge in [-0.25, -0.2) is 13.2 Å². The van der Waals surface area contributed by atoms with E-state index in [1.54, 1.807) is 0 Å². The van der Waals surface area contributed by atoms with Gasteiger partial charge in [0.15, 0.2) is 17.9 Å². The van der Waals surface area contributed by atoms with Crippen LogP contribution in [0.4, 0.5) is 13.2 Å². The van der Waals surface area contributed by atoms with Crippen molar-refractivity contribution in [3.05, 3.63) is 77.1 Å². The zero-order valence-electron chi connectivity index (χ0n) is 12.6. The van der Waals surface area contributed by atoms with E-state index in [4.69, 9.17) is 10.5 Å². The molecule has 1 aliphatic rings. The van der Waals surface area contributed by atoms with Crippen LogP contribution in [0.5, 0.6) is 5.75 Å². The number of hydrogen-bond donors (Lipinski definition) is 1. The van der Waals surface area contributed by atoms with E-state index in [0.717, 1.165) is 22.4 Å². The predicted molar refractivity (Wildman–Crippen MR) is 85.3 cm³/mol. The molecule has 0 aromatic heterocycles. The van der Waals surface area contributed by atoms with E-state index in [1.165, 1.54) is 0 Å². The van der Waals surface area contributed by atoms with E-state index in [9.17, 15) is 13.2 Å². The van der Waals surface area contributed by atoms with Crippen molar-refractivity contribution in [3.8, 4) is 5.75 Å². The average Bonchev–Trinajstić information content (AvgIpc) is 2.57. The smallest absolute Gasteiger partial charge is 0.161 e.